The van der Waals surface area contributed by atoms with Crippen LogP contribution in [-0.4, -0.2) is 11.7 Å². The molecule has 1 unspecified atom stereocenters. The quantitative estimate of drug-likeness (QED) is 0.490. The molecule has 0 bridgehead atoms. The second-order valence-electron chi connectivity index (χ2n) is 5.17. The predicted molar refractivity (Wildman–Crippen MR) is 50.8 cm³/mol. The molecule has 1 atom stereocenters. The topological polar surface area (TPSA) is 42.2 Å². The fourth-order valence-corrected chi connectivity index (χ4v) is 0.552. The molecule has 0 radical (unpaired) electrons. The zero-order valence-electron chi connectivity index (χ0n) is 9.34. The maximum absolute atomic E-state index is 8.80. The van der Waals surface area contributed by atoms with E-state index in [1.165, 1.54) is 0 Å². The Hall–Kier alpha value is -0.590. The third-order valence-electron chi connectivity index (χ3n) is 1.30. The molecule has 0 aliphatic rings. The van der Waals surface area contributed by atoms with E-state index in [2.05, 4.69) is 6.07 Å². The highest BCUT2D eigenvalue weighted by Crippen LogP contribution is 2.23. The van der Waals surface area contributed by atoms with E-state index in [1.807, 2.05) is 41.5 Å². The van der Waals surface area contributed by atoms with Gasteiger partial charge in [-0.05, 0) is 20.8 Å². The minimum atomic E-state index is -0.535. The number of hydrogen-bond donors (Lipinski definition) is 0. The first-order valence-electron chi connectivity index (χ1n) is 4.41. The van der Waals surface area contributed by atoms with Crippen molar-refractivity contribution in [2.75, 3.05) is 0 Å². The first kappa shape index (κ1) is 12.4. The smallest absolute Gasteiger partial charge is 0.183 e. The van der Waals surface area contributed by atoms with Gasteiger partial charge in [0.05, 0.1) is 11.7 Å². The molecule has 0 N–H and O–H groups in total. The van der Waals surface area contributed by atoms with Crippen molar-refractivity contribution in [3.8, 4) is 6.07 Å². The molecule has 0 aromatic rings. The largest absolute Gasteiger partial charge is 0.230 e. The molecule has 13 heavy (non-hydrogen) atoms. The van der Waals surface area contributed by atoms with Gasteiger partial charge in [-0.2, -0.15) is 5.26 Å². The van der Waals surface area contributed by atoms with Crippen LogP contribution in [0.2, 0.25) is 0 Å². The minimum absolute atomic E-state index is 0.222. The van der Waals surface area contributed by atoms with E-state index in [9.17, 15) is 0 Å². The second kappa shape index (κ2) is 4.08. The van der Waals surface area contributed by atoms with Crippen LogP contribution in [-0.2, 0) is 9.78 Å². The summed E-state index contributed by atoms with van der Waals surface area (Å²) in [7, 11) is 0. The fraction of sp³-hybridized carbons (Fsp3) is 0.900. The van der Waals surface area contributed by atoms with E-state index in [-0.39, 0.29) is 11.0 Å². The molecule has 0 rings (SSSR count). The van der Waals surface area contributed by atoms with Gasteiger partial charge in [0.1, 0.15) is 0 Å². The second-order valence-corrected chi connectivity index (χ2v) is 5.17. The van der Waals surface area contributed by atoms with Crippen LogP contribution in [0.5, 0.6) is 0 Å². The van der Waals surface area contributed by atoms with Crippen molar-refractivity contribution in [3.63, 3.8) is 0 Å². The van der Waals surface area contributed by atoms with Crippen LogP contribution in [0.3, 0.4) is 0 Å². The van der Waals surface area contributed by atoms with E-state index in [4.69, 9.17) is 15.0 Å². The summed E-state index contributed by atoms with van der Waals surface area (Å²) in [4.78, 5) is 10.1. The van der Waals surface area contributed by atoms with Gasteiger partial charge in [0.2, 0.25) is 0 Å². The third-order valence-corrected chi connectivity index (χ3v) is 1.30. The van der Waals surface area contributed by atoms with Gasteiger partial charge < -0.3 is 0 Å². The zero-order valence-corrected chi connectivity index (χ0v) is 9.34. The molecule has 0 saturated heterocycles. The summed E-state index contributed by atoms with van der Waals surface area (Å²) in [6, 6.07) is 2.07. The van der Waals surface area contributed by atoms with Crippen molar-refractivity contribution in [3.05, 3.63) is 0 Å². The Morgan fingerprint density at radius 3 is 1.77 bits per heavy atom. The molecule has 76 valence electrons. The van der Waals surface area contributed by atoms with Gasteiger partial charge in [-0.3, -0.25) is 0 Å². The van der Waals surface area contributed by atoms with Crippen molar-refractivity contribution in [1.29, 1.82) is 5.26 Å². The lowest BCUT2D eigenvalue weighted by Gasteiger charge is -2.27. The molecule has 0 aromatic heterocycles. The Balaban J connectivity index is 4.12. The molecule has 3 heteroatoms. The zero-order chi connectivity index (χ0) is 10.7. The third kappa shape index (κ3) is 5.62. The Labute approximate surface area is 80.6 Å². The summed E-state index contributed by atoms with van der Waals surface area (Å²) < 4.78 is 0. The standard InChI is InChI=1S/C10H19NO2/c1-9(2,3)8(7-11)12-13-10(4,5)6/h8H,1-6H3. The van der Waals surface area contributed by atoms with Crippen molar-refractivity contribution in [2.24, 2.45) is 5.41 Å². The number of rotatable bonds is 2. The summed E-state index contributed by atoms with van der Waals surface area (Å²) in [5.74, 6) is 0. The first-order chi connectivity index (χ1) is 5.67. The van der Waals surface area contributed by atoms with Crippen LogP contribution in [0.25, 0.3) is 0 Å². The predicted octanol–water partition coefficient (Wildman–Crippen LogP) is 2.67. The van der Waals surface area contributed by atoms with Crippen LogP contribution >= 0.6 is 0 Å². The average Bonchev–Trinajstić information content (AvgIpc) is 1.82. The molecule has 0 heterocycles. The summed E-state index contributed by atoms with van der Waals surface area (Å²) in [6.07, 6.45) is -0.535. The lowest BCUT2D eigenvalue weighted by atomic mass is 9.90. The normalized spacial score (nSPS) is 15.2. The lowest BCUT2D eigenvalue weighted by Crippen LogP contribution is -2.31. The van der Waals surface area contributed by atoms with Crippen molar-refractivity contribution >= 4 is 0 Å². The molecule has 3 nitrogen and oxygen atoms in total. The molecule has 0 aromatic carbocycles. The van der Waals surface area contributed by atoms with Gasteiger partial charge in [-0.15, -0.1) is 0 Å². The monoisotopic (exact) mass is 185 g/mol. The molecule has 0 fully saturated rings. The fourth-order valence-electron chi connectivity index (χ4n) is 0.552. The van der Waals surface area contributed by atoms with Crippen LogP contribution in [0.4, 0.5) is 0 Å². The number of hydrogen-bond acceptors (Lipinski definition) is 3. The van der Waals surface area contributed by atoms with Crippen molar-refractivity contribution in [1.82, 2.24) is 0 Å². The van der Waals surface area contributed by atoms with Gasteiger partial charge in [0.25, 0.3) is 0 Å². The van der Waals surface area contributed by atoms with E-state index >= 15 is 0 Å². The average molecular weight is 185 g/mol. The molecule has 0 amide bonds. The highest BCUT2D eigenvalue weighted by molar-refractivity contribution is 4.92. The van der Waals surface area contributed by atoms with E-state index in [0.717, 1.165) is 0 Å². The highest BCUT2D eigenvalue weighted by atomic mass is 17.2. The van der Waals surface area contributed by atoms with Gasteiger partial charge in [-0.1, -0.05) is 20.8 Å². The molecule has 0 aliphatic carbocycles. The van der Waals surface area contributed by atoms with Crippen LogP contribution in [0.1, 0.15) is 41.5 Å². The molecular weight excluding hydrogens is 166 g/mol. The SMILES string of the molecule is CC(C)(C)OOC(C#N)C(C)(C)C. The van der Waals surface area contributed by atoms with Crippen molar-refractivity contribution < 1.29 is 9.78 Å². The van der Waals surface area contributed by atoms with Gasteiger partial charge in [0.15, 0.2) is 6.10 Å². The van der Waals surface area contributed by atoms with E-state index < -0.39 is 6.10 Å². The maximum Gasteiger partial charge on any atom is 0.183 e. The Bertz CT molecular complexity index is 192. The van der Waals surface area contributed by atoms with Crippen LogP contribution < -0.4 is 0 Å². The first-order valence-corrected chi connectivity index (χ1v) is 4.41. The molecular formula is C10H19NO2. The lowest BCUT2D eigenvalue weighted by molar-refractivity contribution is -0.374. The number of nitriles is 1. The Kier molecular flexibility index (Phi) is 3.89. The summed E-state index contributed by atoms with van der Waals surface area (Å²) in [6.45, 7) is 11.4. The number of nitrogens with zero attached hydrogens (tertiary/aromatic N) is 1. The Morgan fingerprint density at radius 1 is 1.08 bits per heavy atom. The van der Waals surface area contributed by atoms with Crippen LogP contribution in [0, 0.1) is 16.7 Å². The summed E-state index contributed by atoms with van der Waals surface area (Å²) in [5, 5.41) is 8.80. The van der Waals surface area contributed by atoms with Gasteiger partial charge in [0, 0.05) is 5.41 Å². The molecule has 0 aliphatic heterocycles. The van der Waals surface area contributed by atoms with Crippen LogP contribution in [0.15, 0.2) is 0 Å². The van der Waals surface area contributed by atoms with Crippen molar-refractivity contribution in [2.45, 2.75) is 53.2 Å². The maximum atomic E-state index is 8.80. The summed E-state index contributed by atoms with van der Waals surface area (Å²) >= 11 is 0. The highest BCUT2D eigenvalue weighted by Gasteiger charge is 2.28. The van der Waals surface area contributed by atoms with Gasteiger partial charge in [-0.25, -0.2) is 9.78 Å². The summed E-state index contributed by atoms with van der Waals surface area (Å²) in [5.41, 5.74) is -0.597. The van der Waals surface area contributed by atoms with Gasteiger partial charge >= 0.3 is 0 Å². The van der Waals surface area contributed by atoms with E-state index in [0.29, 0.717) is 0 Å². The Morgan fingerprint density at radius 2 is 1.54 bits per heavy atom. The molecule has 0 spiro atoms. The van der Waals surface area contributed by atoms with E-state index in [1.54, 1.807) is 0 Å². The minimum Gasteiger partial charge on any atom is -0.230 e. The molecule has 0 saturated carbocycles.